The van der Waals surface area contributed by atoms with Crippen molar-refractivity contribution in [1.29, 1.82) is 5.26 Å². The highest BCUT2D eigenvalue weighted by Gasteiger charge is 2.09. The molecule has 0 heterocycles. The van der Waals surface area contributed by atoms with E-state index in [-0.39, 0.29) is 5.91 Å². The number of rotatable bonds is 7. The molecule has 4 heteroatoms. The SMILES string of the molecule is CCN(CCC#N)C(=O)CCCCCl. The fourth-order valence-electron chi connectivity index (χ4n) is 1.17. The fraction of sp³-hybridized carbons (Fsp3) is 0.800. The van der Waals surface area contributed by atoms with Crippen LogP contribution in [0.25, 0.3) is 0 Å². The molecule has 0 N–H and O–H groups in total. The molecular weight excluding hydrogens is 200 g/mol. The fourth-order valence-corrected chi connectivity index (χ4v) is 1.36. The van der Waals surface area contributed by atoms with Crippen molar-refractivity contribution in [2.24, 2.45) is 0 Å². The van der Waals surface area contributed by atoms with Crippen LogP contribution in [0.15, 0.2) is 0 Å². The molecule has 1 amide bonds. The molecule has 0 aromatic carbocycles. The molecular formula is C10H17ClN2O. The molecule has 0 aromatic rings. The van der Waals surface area contributed by atoms with Gasteiger partial charge in [0.1, 0.15) is 0 Å². The number of amides is 1. The first-order chi connectivity index (χ1) is 6.76. The monoisotopic (exact) mass is 216 g/mol. The van der Waals surface area contributed by atoms with Gasteiger partial charge in [0.2, 0.25) is 5.91 Å². The highest BCUT2D eigenvalue weighted by atomic mass is 35.5. The molecule has 0 aliphatic rings. The molecule has 14 heavy (non-hydrogen) atoms. The number of alkyl halides is 1. The molecule has 0 aliphatic carbocycles. The summed E-state index contributed by atoms with van der Waals surface area (Å²) in [6, 6.07) is 2.04. The van der Waals surface area contributed by atoms with Crippen molar-refractivity contribution in [3.05, 3.63) is 0 Å². The number of carbonyl (C=O) groups is 1. The van der Waals surface area contributed by atoms with Crippen molar-refractivity contribution < 1.29 is 4.79 Å². The average Bonchev–Trinajstić information content (AvgIpc) is 2.19. The molecule has 0 rings (SSSR count). The van der Waals surface area contributed by atoms with E-state index in [1.807, 2.05) is 13.0 Å². The van der Waals surface area contributed by atoms with E-state index in [0.29, 0.717) is 31.8 Å². The summed E-state index contributed by atoms with van der Waals surface area (Å²) in [5, 5.41) is 8.40. The third kappa shape index (κ3) is 5.82. The second-order valence-corrected chi connectivity index (χ2v) is 3.41. The van der Waals surface area contributed by atoms with E-state index in [0.717, 1.165) is 12.8 Å². The molecule has 0 unspecified atom stereocenters. The Morgan fingerprint density at radius 3 is 2.71 bits per heavy atom. The van der Waals surface area contributed by atoms with Crippen LogP contribution >= 0.6 is 11.6 Å². The molecule has 0 fully saturated rings. The Morgan fingerprint density at radius 2 is 2.21 bits per heavy atom. The largest absolute Gasteiger partial charge is 0.342 e. The normalized spacial score (nSPS) is 9.50. The van der Waals surface area contributed by atoms with Crippen molar-refractivity contribution in [3.63, 3.8) is 0 Å². The van der Waals surface area contributed by atoms with E-state index in [9.17, 15) is 4.79 Å². The van der Waals surface area contributed by atoms with Crippen LogP contribution < -0.4 is 0 Å². The van der Waals surface area contributed by atoms with Gasteiger partial charge in [-0.05, 0) is 19.8 Å². The Balaban J connectivity index is 3.74. The maximum Gasteiger partial charge on any atom is 0.222 e. The zero-order valence-electron chi connectivity index (χ0n) is 8.63. The zero-order valence-corrected chi connectivity index (χ0v) is 9.39. The number of carbonyl (C=O) groups excluding carboxylic acids is 1. The topological polar surface area (TPSA) is 44.1 Å². The predicted octanol–water partition coefficient (Wildman–Crippen LogP) is 2.16. The first kappa shape index (κ1) is 13.2. The molecule has 80 valence electrons. The summed E-state index contributed by atoms with van der Waals surface area (Å²) in [4.78, 5) is 13.2. The molecule has 3 nitrogen and oxygen atoms in total. The van der Waals surface area contributed by atoms with Gasteiger partial charge < -0.3 is 4.90 Å². The van der Waals surface area contributed by atoms with E-state index >= 15 is 0 Å². The smallest absolute Gasteiger partial charge is 0.222 e. The van der Waals surface area contributed by atoms with Gasteiger partial charge in [-0.25, -0.2) is 0 Å². The summed E-state index contributed by atoms with van der Waals surface area (Å²) in [7, 11) is 0. The van der Waals surface area contributed by atoms with E-state index in [4.69, 9.17) is 16.9 Å². The van der Waals surface area contributed by atoms with Gasteiger partial charge in [0.05, 0.1) is 12.5 Å². The van der Waals surface area contributed by atoms with Gasteiger partial charge in [-0.1, -0.05) is 0 Å². The second kappa shape index (κ2) is 8.83. The minimum Gasteiger partial charge on any atom is -0.342 e. The molecule has 0 saturated carbocycles. The van der Waals surface area contributed by atoms with E-state index in [1.165, 1.54) is 0 Å². The van der Waals surface area contributed by atoms with Gasteiger partial charge in [0.25, 0.3) is 0 Å². The highest BCUT2D eigenvalue weighted by molar-refractivity contribution is 6.17. The molecule has 0 spiro atoms. The van der Waals surface area contributed by atoms with Crippen LogP contribution in [0.5, 0.6) is 0 Å². The quantitative estimate of drug-likeness (QED) is 0.484. The third-order valence-corrected chi connectivity index (χ3v) is 2.27. The van der Waals surface area contributed by atoms with E-state index in [2.05, 4.69) is 0 Å². The highest BCUT2D eigenvalue weighted by Crippen LogP contribution is 2.02. The lowest BCUT2D eigenvalue weighted by atomic mass is 10.2. The molecule has 0 bridgehead atoms. The standard InChI is InChI=1S/C10H17ClN2O/c1-2-13(9-5-8-12)10(14)6-3-4-7-11/h2-7,9H2,1H3. The van der Waals surface area contributed by atoms with Gasteiger partial charge in [-0.2, -0.15) is 5.26 Å². The number of nitriles is 1. The number of hydrogen-bond acceptors (Lipinski definition) is 2. The van der Waals surface area contributed by atoms with E-state index < -0.39 is 0 Å². The Labute approximate surface area is 90.6 Å². The summed E-state index contributed by atoms with van der Waals surface area (Å²) in [6.45, 7) is 3.16. The minimum absolute atomic E-state index is 0.132. The van der Waals surface area contributed by atoms with Gasteiger partial charge in [-0.15, -0.1) is 11.6 Å². The van der Waals surface area contributed by atoms with Gasteiger partial charge >= 0.3 is 0 Å². The molecule has 0 aromatic heterocycles. The van der Waals surface area contributed by atoms with Crippen LogP contribution in [0.4, 0.5) is 0 Å². The number of unbranched alkanes of at least 4 members (excludes halogenated alkanes) is 1. The van der Waals surface area contributed by atoms with Crippen LogP contribution in [0.3, 0.4) is 0 Å². The van der Waals surface area contributed by atoms with Crippen molar-refractivity contribution in [2.75, 3.05) is 19.0 Å². The van der Waals surface area contributed by atoms with Gasteiger partial charge in [-0.3, -0.25) is 4.79 Å². The average molecular weight is 217 g/mol. The van der Waals surface area contributed by atoms with Crippen LogP contribution in [0.2, 0.25) is 0 Å². The first-order valence-corrected chi connectivity index (χ1v) is 5.50. The number of halogens is 1. The molecule has 0 atom stereocenters. The molecule has 0 saturated heterocycles. The Kier molecular flexibility index (Phi) is 8.36. The van der Waals surface area contributed by atoms with Crippen molar-refractivity contribution in [3.8, 4) is 6.07 Å². The van der Waals surface area contributed by atoms with Crippen LogP contribution in [-0.4, -0.2) is 29.8 Å². The summed E-state index contributed by atoms with van der Waals surface area (Å²) in [6.07, 6.45) is 2.68. The molecule has 0 aliphatic heterocycles. The van der Waals surface area contributed by atoms with Crippen LogP contribution in [0, 0.1) is 11.3 Å². The predicted molar refractivity (Wildman–Crippen MR) is 57.1 cm³/mol. The van der Waals surface area contributed by atoms with Crippen molar-refractivity contribution in [2.45, 2.75) is 32.6 Å². The number of hydrogen-bond donors (Lipinski definition) is 0. The van der Waals surface area contributed by atoms with Crippen LogP contribution in [0.1, 0.15) is 32.6 Å². The third-order valence-electron chi connectivity index (χ3n) is 2.00. The van der Waals surface area contributed by atoms with Gasteiger partial charge in [0.15, 0.2) is 0 Å². The summed E-state index contributed by atoms with van der Waals surface area (Å²) in [5.74, 6) is 0.741. The Bertz CT molecular complexity index is 201. The summed E-state index contributed by atoms with van der Waals surface area (Å²) >= 11 is 5.51. The Hall–Kier alpha value is -0.750. The maximum atomic E-state index is 11.5. The Morgan fingerprint density at radius 1 is 1.50 bits per heavy atom. The van der Waals surface area contributed by atoms with Crippen LogP contribution in [-0.2, 0) is 4.79 Å². The summed E-state index contributed by atoms with van der Waals surface area (Å²) < 4.78 is 0. The maximum absolute atomic E-state index is 11.5. The molecule has 0 radical (unpaired) electrons. The van der Waals surface area contributed by atoms with E-state index in [1.54, 1.807) is 4.90 Å². The first-order valence-electron chi connectivity index (χ1n) is 4.97. The lowest BCUT2D eigenvalue weighted by molar-refractivity contribution is -0.131. The lowest BCUT2D eigenvalue weighted by Gasteiger charge is -2.19. The number of nitrogens with zero attached hydrogens (tertiary/aromatic N) is 2. The lowest BCUT2D eigenvalue weighted by Crippen LogP contribution is -2.31. The van der Waals surface area contributed by atoms with Crippen molar-refractivity contribution >= 4 is 17.5 Å². The summed E-state index contributed by atoms with van der Waals surface area (Å²) in [5.41, 5.74) is 0. The van der Waals surface area contributed by atoms with Gasteiger partial charge in [0, 0.05) is 25.4 Å². The zero-order chi connectivity index (χ0) is 10.8. The minimum atomic E-state index is 0.132. The van der Waals surface area contributed by atoms with Crippen molar-refractivity contribution in [1.82, 2.24) is 4.90 Å². The second-order valence-electron chi connectivity index (χ2n) is 3.03.